The second-order valence-corrected chi connectivity index (χ2v) is 8.42. The predicted octanol–water partition coefficient (Wildman–Crippen LogP) is 1.72. The number of primary amides is 1. The van der Waals surface area contributed by atoms with Crippen LogP contribution in [0.4, 0.5) is 5.82 Å². The van der Waals surface area contributed by atoms with Crippen molar-refractivity contribution in [2.75, 3.05) is 18.0 Å². The Hall–Kier alpha value is -3.49. The minimum Gasteiger partial charge on any atom is -0.369 e. The van der Waals surface area contributed by atoms with Gasteiger partial charge in [-0.15, -0.1) is 0 Å². The van der Waals surface area contributed by atoms with Crippen LogP contribution in [-0.4, -0.2) is 50.5 Å². The van der Waals surface area contributed by atoms with Crippen molar-refractivity contribution in [1.82, 2.24) is 24.8 Å². The summed E-state index contributed by atoms with van der Waals surface area (Å²) in [6.07, 6.45) is 6.99. The highest BCUT2D eigenvalue weighted by Gasteiger charge is 2.27. The third kappa shape index (κ3) is 3.71. The van der Waals surface area contributed by atoms with Gasteiger partial charge in [-0.25, -0.2) is 15.0 Å². The minimum absolute atomic E-state index is 0.0608. The smallest absolute Gasteiger partial charge is 0.251 e. The first-order chi connectivity index (χ1) is 15.0. The van der Waals surface area contributed by atoms with Gasteiger partial charge in [0.1, 0.15) is 12.7 Å². The van der Waals surface area contributed by atoms with E-state index in [0.29, 0.717) is 35.1 Å². The number of carbonyl (C=O) groups is 2. The van der Waals surface area contributed by atoms with Crippen LogP contribution in [0.25, 0.3) is 16.9 Å². The van der Waals surface area contributed by atoms with Crippen molar-refractivity contribution in [3.63, 3.8) is 0 Å². The van der Waals surface area contributed by atoms with Crippen LogP contribution in [0.5, 0.6) is 0 Å². The zero-order chi connectivity index (χ0) is 21.5. The average molecular weight is 419 g/mol. The van der Waals surface area contributed by atoms with Gasteiger partial charge in [-0.1, -0.05) is 6.07 Å². The molecule has 2 aromatic heterocycles. The number of amides is 2. The number of piperidine rings is 1. The van der Waals surface area contributed by atoms with Crippen molar-refractivity contribution in [2.24, 2.45) is 11.7 Å². The van der Waals surface area contributed by atoms with Gasteiger partial charge in [-0.2, -0.15) is 0 Å². The van der Waals surface area contributed by atoms with Gasteiger partial charge < -0.3 is 16.0 Å². The molecule has 0 radical (unpaired) electrons. The Balaban J connectivity index is 1.51. The van der Waals surface area contributed by atoms with Gasteiger partial charge in [-0.3, -0.25) is 14.2 Å². The number of carbonyl (C=O) groups excluding carboxylic acids is 2. The zero-order valence-corrected chi connectivity index (χ0v) is 17.4. The number of nitrogens with two attached hydrogens (primary N) is 1. The maximum absolute atomic E-state index is 12.5. The molecular weight excluding hydrogens is 394 g/mol. The number of aromatic nitrogens is 4. The largest absolute Gasteiger partial charge is 0.369 e. The Labute approximate surface area is 179 Å². The molecular formula is C22H25N7O2. The Kier molecular flexibility index (Phi) is 4.80. The molecule has 0 bridgehead atoms. The highest BCUT2D eigenvalue weighted by Crippen LogP contribution is 2.29. The lowest BCUT2D eigenvalue weighted by Crippen LogP contribution is -2.41. The quantitative estimate of drug-likeness (QED) is 0.650. The summed E-state index contributed by atoms with van der Waals surface area (Å²) >= 11 is 0. The number of rotatable bonds is 5. The Morgan fingerprint density at radius 1 is 1.16 bits per heavy atom. The number of benzene rings is 1. The van der Waals surface area contributed by atoms with Crippen molar-refractivity contribution in [3.8, 4) is 5.69 Å². The number of nitrogens with one attached hydrogen (secondary N) is 1. The fraction of sp³-hybridized carbons (Fsp3) is 0.409. The van der Waals surface area contributed by atoms with E-state index in [1.54, 1.807) is 6.33 Å². The number of imidazole rings is 1. The highest BCUT2D eigenvalue weighted by atomic mass is 16.2. The molecule has 31 heavy (non-hydrogen) atoms. The molecule has 1 saturated carbocycles. The number of nitrogens with zero attached hydrogens (tertiary/aromatic N) is 5. The molecule has 2 amide bonds. The molecule has 1 unspecified atom stereocenters. The van der Waals surface area contributed by atoms with Crippen LogP contribution >= 0.6 is 0 Å². The SMILES string of the molecule is Cc1ccc(C(=O)NC2CC2)cc1-n1cnc2c(N3CCCC(C(N)=O)C3)ncnc21. The van der Waals surface area contributed by atoms with Crippen molar-refractivity contribution in [1.29, 1.82) is 0 Å². The predicted molar refractivity (Wildman–Crippen MR) is 116 cm³/mol. The van der Waals surface area contributed by atoms with E-state index >= 15 is 0 Å². The van der Waals surface area contributed by atoms with Crippen LogP contribution < -0.4 is 16.0 Å². The van der Waals surface area contributed by atoms with Gasteiger partial charge in [0.05, 0.1) is 11.6 Å². The summed E-state index contributed by atoms with van der Waals surface area (Å²) < 4.78 is 1.89. The first kappa shape index (κ1) is 19.5. The van der Waals surface area contributed by atoms with E-state index in [4.69, 9.17) is 5.73 Å². The van der Waals surface area contributed by atoms with Gasteiger partial charge in [-0.05, 0) is 50.3 Å². The van der Waals surface area contributed by atoms with Gasteiger partial charge in [0, 0.05) is 24.7 Å². The zero-order valence-electron chi connectivity index (χ0n) is 17.4. The normalized spacial score (nSPS) is 18.9. The molecule has 1 aliphatic carbocycles. The molecule has 0 spiro atoms. The Morgan fingerprint density at radius 3 is 2.77 bits per heavy atom. The topological polar surface area (TPSA) is 119 Å². The third-order valence-electron chi connectivity index (χ3n) is 6.08. The summed E-state index contributed by atoms with van der Waals surface area (Å²) in [4.78, 5) is 39.8. The van der Waals surface area contributed by atoms with Crippen molar-refractivity contribution < 1.29 is 9.59 Å². The lowest BCUT2D eigenvalue weighted by atomic mass is 9.97. The summed E-state index contributed by atoms with van der Waals surface area (Å²) in [7, 11) is 0. The number of hydrogen-bond donors (Lipinski definition) is 2. The summed E-state index contributed by atoms with van der Waals surface area (Å²) in [5, 5.41) is 3.03. The van der Waals surface area contributed by atoms with E-state index in [1.165, 1.54) is 6.33 Å². The molecule has 5 rings (SSSR count). The highest BCUT2D eigenvalue weighted by molar-refractivity contribution is 5.95. The van der Waals surface area contributed by atoms with E-state index in [-0.39, 0.29) is 17.7 Å². The molecule has 1 aliphatic heterocycles. The van der Waals surface area contributed by atoms with E-state index < -0.39 is 0 Å². The molecule has 9 heteroatoms. The van der Waals surface area contributed by atoms with Gasteiger partial charge in [0.2, 0.25) is 5.91 Å². The summed E-state index contributed by atoms with van der Waals surface area (Å²) in [5.74, 6) is 0.173. The van der Waals surface area contributed by atoms with Crippen LogP contribution in [0.1, 0.15) is 41.6 Å². The second kappa shape index (κ2) is 7.64. The Morgan fingerprint density at radius 2 is 2.00 bits per heavy atom. The number of fused-ring (bicyclic) bond motifs is 1. The molecule has 2 fully saturated rings. The van der Waals surface area contributed by atoms with Gasteiger partial charge in [0.25, 0.3) is 5.91 Å². The van der Waals surface area contributed by atoms with Crippen LogP contribution in [-0.2, 0) is 4.79 Å². The summed E-state index contributed by atoms with van der Waals surface area (Å²) in [6.45, 7) is 3.32. The van der Waals surface area contributed by atoms with E-state index in [1.807, 2.05) is 29.7 Å². The van der Waals surface area contributed by atoms with Crippen molar-refractivity contribution >= 4 is 28.8 Å². The van der Waals surface area contributed by atoms with Crippen LogP contribution in [0.3, 0.4) is 0 Å². The average Bonchev–Trinajstić information content (AvgIpc) is 3.49. The Bertz CT molecular complexity index is 1170. The minimum atomic E-state index is -0.280. The van der Waals surface area contributed by atoms with E-state index in [0.717, 1.165) is 43.5 Å². The maximum Gasteiger partial charge on any atom is 0.251 e. The molecule has 1 saturated heterocycles. The molecule has 1 atom stereocenters. The van der Waals surface area contributed by atoms with Crippen molar-refractivity contribution in [3.05, 3.63) is 42.0 Å². The van der Waals surface area contributed by atoms with Crippen molar-refractivity contribution in [2.45, 2.75) is 38.6 Å². The van der Waals surface area contributed by atoms with Crippen LogP contribution in [0, 0.1) is 12.8 Å². The standard InChI is InChI=1S/C22H25N7O2/c1-13-4-5-14(22(31)27-16-6-7-16)9-17(13)29-12-26-18-20(24-11-25-21(18)29)28-8-2-3-15(10-28)19(23)30/h4-5,9,11-12,15-16H,2-3,6-8,10H2,1H3,(H2,23,30)(H,27,31). The third-order valence-corrected chi connectivity index (χ3v) is 6.08. The van der Waals surface area contributed by atoms with Gasteiger partial charge >= 0.3 is 0 Å². The number of aryl methyl sites for hydroxylation is 1. The first-order valence-electron chi connectivity index (χ1n) is 10.7. The van der Waals surface area contributed by atoms with Crippen LogP contribution in [0.2, 0.25) is 0 Å². The molecule has 3 N–H and O–H groups in total. The lowest BCUT2D eigenvalue weighted by molar-refractivity contribution is -0.122. The fourth-order valence-electron chi connectivity index (χ4n) is 4.14. The summed E-state index contributed by atoms with van der Waals surface area (Å²) in [6, 6.07) is 5.95. The summed E-state index contributed by atoms with van der Waals surface area (Å²) in [5.41, 5.74) is 9.34. The van der Waals surface area contributed by atoms with E-state index in [9.17, 15) is 9.59 Å². The first-order valence-corrected chi connectivity index (χ1v) is 10.7. The second-order valence-electron chi connectivity index (χ2n) is 8.42. The molecule has 1 aromatic carbocycles. The molecule has 2 aliphatic rings. The molecule has 3 aromatic rings. The monoisotopic (exact) mass is 419 g/mol. The van der Waals surface area contributed by atoms with E-state index in [2.05, 4.69) is 25.2 Å². The fourth-order valence-corrected chi connectivity index (χ4v) is 4.14. The molecule has 160 valence electrons. The van der Waals surface area contributed by atoms with Gasteiger partial charge in [0.15, 0.2) is 17.0 Å². The van der Waals surface area contributed by atoms with Crippen LogP contribution in [0.15, 0.2) is 30.9 Å². The number of anilines is 1. The lowest BCUT2D eigenvalue weighted by Gasteiger charge is -2.31. The molecule has 3 heterocycles. The molecule has 9 nitrogen and oxygen atoms in total. The number of hydrogen-bond acceptors (Lipinski definition) is 6. The maximum atomic E-state index is 12.5.